The summed E-state index contributed by atoms with van der Waals surface area (Å²) >= 11 is 3.34. The van der Waals surface area contributed by atoms with Crippen LogP contribution in [0.1, 0.15) is 52.0 Å². The maximum Gasteiger partial charge on any atom is 0.408 e. The van der Waals surface area contributed by atoms with Gasteiger partial charge in [-0.05, 0) is 73.7 Å². The van der Waals surface area contributed by atoms with E-state index in [0.29, 0.717) is 4.47 Å². The molecule has 2 rings (SSSR count). The number of halogens is 1. The van der Waals surface area contributed by atoms with Gasteiger partial charge in [-0.15, -0.1) is 0 Å². The van der Waals surface area contributed by atoms with Gasteiger partial charge in [0.25, 0.3) is 0 Å². The minimum Gasteiger partial charge on any atom is -0.507 e. The summed E-state index contributed by atoms with van der Waals surface area (Å²) in [5.74, 6) is 0.226. The molecule has 1 aromatic carbocycles. The van der Waals surface area contributed by atoms with Crippen LogP contribution in [0.5, 0.6) is 5.75 Å². The highest BCUT2D eigenvalue weighted by molar-refractivity contribution is 9.10. The fourth-order valence-electron chi connectivity index (χ4n) is 2.97. The van der Waals surface area contributed by atoms with Crippen LogP contribution in [0, 0.1) is 0 Å². The number of ether oxygens (including phenoxy) is 1. The average molecular weight is 370 g/mol. The standard InChI is InChI=1S/C17H24BrNO3/c1-16(2,3)22-15(21)19-17(8-4-5-9-17)11-12-6-7-14(20)13(18)10-12/h6-7,10,20H,4-5,8-9,11H2,1-3H3,(H,19,21). The van der Waals surface area contributed by atoms with Crippen LogP contribution >= 0.6 is 15.9 Å². The van der Waals surface area contributed by atoms with Gasteiger partial charge in [0.1, 0.15) is 11.4 Å². The first-order valence-electron chi connectivity index (χ1n) is 7.68. The summed E-state index contributed by atoms with van der Waals surface area (Å²) in [7, 11) is 0. The first-order chi connectivity index (χ1) is 10.2. The SMILES string of the molecule is CC(C)(C)OC(=O)NC1(Cc2ccc(O)c(Br)c2)CCCC1. The van der Waals surface area contributed by atoms with Gasteiger partial charge in [0.15, 0.2) is 0 Å². The number of amides is 1. The van der Waals surface area contributed by atoms with Gasteiger partial charge in [-0.2, -0.15) is 0 Å². The Balaban J connectivity index is 2.11. The number of hydrogen-bond acceptors (Lipinski definition) is 3. The van der Waals surface area contributed by atoms with Gasteiger partial charge >= 0.3 is 6.09 Å². The highest BCUT2D eigenvalue weighted by Gasteiger charge is 2.36. The second kappa shape index (κ2) is 6.49. The van der Waals surface area contributed by atoms with Crippen molar-refractivity contribution in [3.8, 4) is 5.75 Å². The lowest BCUT2D eigenvalue weighted by atomic mass is 9.89. The van der Waals surface area contributed by atoms with E-state index in [0.717, 1.165) is 37.7 Å². The minimum absolute atomic E-state index is 0.226. The lowest BCUT2D eigenvalue weighted by Crippen LogP contribution is -2.49. The lowest BCUT2D eigenvalue weighted by molar-refractivity contribution is 0.0456. The minimum atomic E-state index is -0.495. The molecule has 1 aromatic rings. The largest absolute Gasteiger partial charge is 0.507 e. The van der Waals surface area contributed by atoms with Gasteiger partial charge in [0.2, 0.25) is 0 Å². The molecule has 0 atom stereocenters. The number of carbonyl (C=O) groups excluding carboxylic acids is 1. The molecule has 0 radical (unpaired) electrons. The molecule has 5 heteroatoms. The summed E-state index contributed by atoms with van der Waals surface area (Å²) in [6, 6.07) is 5.48. The van der Waals surface area contributed by atoms with E-state index in [1.807, 2.05) is 32.9 Å². The van der Waals surface area contributed by atoms with Crippen molar-refractivity contribution in [1.82, 2.24) is 5.32 Å². The van der Waals surface area contributed by atoms with Crippen LogP contribution in [-0.2, 0) is 11.2 Å². The van der Waals surface area contributed by atoms with Gasteiger partial charge in [-0.3, -0.25) is 0 Å². The summed E-state index contributed by atoms with van der Waals surface area (Å²) in [5.41, 5.74) is 0.340. The molecule has 0 heterocycles. The fraction of sp³-hybridized carbons (Fsp3) is 0.588. The van der Waals surface area contributed by atoms with Gasteiger partial charge in [0, 0.05) is 5.54 Å². The Labute approximate surface area is 140 Å². The number of nitrogens with one attached hydrogen (secondary N) is 1. The third-order valence-corrected chi connectivity index (χ3v) is 4.52. The number of phenolic OH excluding ortho intramolecular Hbond substituents is 1. The van der Waals surface area contributed by atoms with Crippen molar-refractivity contribution in [2.45, 2.75) is 64.0 Å². The number of hydrogen-bond donors (Lipinski definition) is 2. The van der Waals surface area contributed by atoms with Gasteiger partial charge in [-0.25, -0.2) is 4.79 Å². The summed E-state index contributed by atoms with van der Waals surface area (Å²) in [5, 5.41) is 12.7. The Morgan fingerprint density at radius 2 is 2.00 bits per heavy atom. The van der Waals surface area contributed by atoms with Gasteiger partial charge in [0.05, 0.1) is 4.47 Å². The Hall–Kier alpha value is -1.23. The Morgan fingerprint density at radius 1 is 1.36 bits per heavy atom. The number of alkyl carbamates (subject to hydrolysis) is 1. The summed E-state index contributed by atoms with van der Waals surface area (Å²) < 4.78 is 6.08. The van der Waals surface area contributed by atoms with Crippen molar-refractivity contribution in [2.24, 2.45) is 0 Å². The second-order valence-electron chi connectivity index (χ2n) is 7.08. The maximum atomic E-state index is 12.1. The van der Waals surface area contributed by atoms with Crippen molar-refractivity contribution in [1.29, 1.82) is 0 Å². The number of carbonyl (C=O) groups is 1. The van der Waals surface area contributed by atoms with E-state index in [4.69, 9.17) is 4.74 Å². The third-order valence-electron chi connectivity index (χ3n) is 3.88. The highest BCUT2D eigenvalue weighted by Crippen LogP contribution is 2.34. The van der Waals surface area contributed by atoms with Crippen molar-refractivity contribution in [3.05, 3.63) is 28.2 Å². The zero-order valence-corrected chi connectivity index (χ0v) is 15.0. The predicted molar refractivity (Wildman–Crippen MR) is 90.1 cm³/mol. The van der Waals surface area contributed by atoms with Crippen molar-refractivity contribution in [2.75, 3.05) is 0 Å². The van der Waals surface area contributed by atoms with Crippen LogP contribution in [0.3, 0.4) is 0 Å². The number of rotatable bonds is 3. The third kappa shape index (κ3) is 4.63. The van der Waals surface area contributed by atoms with E-state index in [-0.39, 0.29) is 17.4 Å². The fourth-order valence-corrected chi connectivity index (χ4v) is 3.40. The molecule has 1 aliphatic carbocycles. The molecule has 4 nitrogen and oxygen atoms in total. The van der Waals surface area contributed by atoms with Crippen LogP contribution in [0.4, 0.5) is 4.79 Å². The zero-order valence-electron chi connectivity index (χ0n) is 13.4. The molecule has 0 bridgehead atoms. The quantitative estimate of drug-likeness (QED) is 0.822. The van der Waals surface area contributed by atoms with Crippen molar-refractivity contribution in [3.63, 3.8) is 0 Å². The second-order valence-corrected chi connectivity index (χ2v) is 7.93. The van der Waals surface area contributed by atoms with E-state index in [9.17, 15) is 9.90 Å². The molecule has 2 N–H and O–H groups in total. The molecule has 1 aliphatic rings. The average Bonchev–Trinajstić information content (AvgIpc) is 2.79. The van der Waals surface area contributed by atoms with Crippen LogP contribution in [0.2, 0.25) is 0 Å². The number of benzene rings is 1. The molecule has 1 saturated carbocycles. The molecule has 1 fully saturated rings. The molecular formula is C17H24BrNO3. The Morgan fingerprint density at radius 3 is 2.55 bits per heavy atom. The topological polar surface area (TPSA) is 58.6 Å². The monoisotopic (exact) mass is 369 g/mol. The number of aromatic hydroxyl groups is 1. The number of phenols is 1. The molecular weight excluding hydrogens is 346 g/mol. The van der Waals surface area contributed by atoms with Crippen molar-refractivity contribution >= 4 is 22.0 Å². The molecule has 22 heavy (non-hydrogen) atoms. The first-order valence-corrected chi connectivity index (χ1v) is 8.47. The van der Waals surface area contributed by atoms with E-state index >= 15 is 0 Å². The van der Waals surface area contributed by atoms with E-state index < -0.39 is 5.60 Å². The predicted octanol–water partition coefficient (Wildman–Crippen LogP) is 4.53. The molecule has 0 saturated heterocycles. The van der Waals surface area contributed by atoms with Crippen LogP contribution in [0.25, 0.3) is 0 Å². The van der Waals surface area contributed by atoms with E-state index in [1.54, 1.807) is 6.07 Å². The maximum absolute atomic E-state index is 12.1. The first kappa shape index (κ1) is 17.1. The summed E-state index contributed by atoms with van der Waals surface area (Å²) in [4.78, 5) is 12.1. The van der Waals surface area contributed by atoms with Crippen LogP contribution in [0.15, 0.2) is 22.7 Å². The van der Waals surface area contributed by atoms with Crippen LogP contribution < -0.4 is 5.32 Å². The Bertz CT molecular complexity index is 545. The van der Waals surface area contributed by atoms with E-state index in [1.165, 1.54) is 0 Å². The van der Waals surface area contributed by atoms with Crippen molar-refractivity contribution < 1.29 is 14.6 Å². The smallest absolute Gasteiger partial charge is 0.408 e. The molecule has 0 spiro atoms. The molecule has 0 aromatic heterocycles. The normalized spacial score (nSPS) is 17.3. The molecule has 1 amide bonds. The van der Waals surface area contributed by atoms with Crippen LogP contribution in [-0.4, -0.2) is 22.3 Å². The lowest BCUT2D eigenvalue weighted by Gasteiger charge is -2.32. The zero-order chi connectivity index (χ0) is 16.4. The summed E-state index contributed by atoms with van der Waals surface area (Å²) in [6.07, 6.45) is 4.50. The highest BCUT2D eigenvalue weighted by atomic mass is 79.9. The Kier molecular flexibility index (Phi) is 5.05. The van der Waals surface area contributed by atoms with Gasteiger partial charge in [-0.1, -0.05) is 18.9 Å². The molecule has 122 valence electrons. The van der Waals surface area contributed by atoms with E-state index in [2.05, 4.69) is 21.2 Å². The molecule has 0 aliphatic heterocycles. The molecule has 0 unspecified atom stereocenters. The van der Waals surface area contributed by atoms with Gasteiger partial charge < -0.3 is 15.2 Å². The summed E-state index contributed by atoms with van der Waals surface area (Å²) in [6.45, 7) is 5.60.